The fourth-order valence-corrected chi connectivity index (χ4v) is 2.69. The highest BCUT2D eigenvalue weighted by molar-refractivity contribution is 5.98. The fourth-order valence-electron chi connectivity index (χ4n) is 2.69. The molecule has 2 aromatic rings. The largest absolute Gasteiger partial charge is 0.449 e. The maximum Gasteiger partial charge on any atom is 0.339 e. The number of nitro benzene ring substituents is 1. The summed E-state index contributed by atoms with van der Waals surface area (Å²) in [4.78, 5) is 46.7. The number of carbonyl (C=O) groups excluding carboxylic acids is 3. The lowest BCUT2D eigenvalue weighted by Gasteiger charge is -2.14. The number of carbonyl (C=O) groups is 3. The van der Waals surface area contributed by atoms with Gasteiger partial charge in [0.15, 0.2) is 11.9 Å². The predicted octanol–water partition coefficient (Wildman–Crippen LogP) is 3.56. The lowest BCUT2D eigenvalue weighted by molar-refractivity contribution is -0.384. The molecule has 2 aromatic carbocycles. The van der Waals surface area contributed by atoms with E-state index in [2.05, 4.69) is 10.6 Å². The molecule has 30 heavy (non-hydrogen) atoms. The number of nitrogens with one attached hydrogen (secondary N) is 2. The Bertz CT molecular complexity index is 998. The van der Waals surface area contributed by atoms with Gasteiger partial charge in [-0.15, -0.1) is 0 Å². The Morgan fingerprint density at radius 2 is 1.73 bits per heavy atom. The smallest absolute Gasteiger partial charge is 0.339 e. The number of nitro groups is 1. The average Bonchev–Trinajstić information content (AvgIpc) is 3.52. The Balaban J connectivity index is 1.64. The van der Waals surface area contributed by atoms with Crippen LogP contribution in [-0.4, -0.2) is 34.7 Å². The van der Waals surface area contributed by atoms with E-state index >= 15 is 0 Å². The minimum atomic E-state index is -1.13. The summed E-state index contributed by atoms with van der Waals surface area (Å²) in [6.07, 6.45) is 0.768. The van der Waals surface area contributed by atoms with E-state index in [4.69, 9.17) is 4.74 Å². The summed E-state index contributed by atoms with van der Waals surface area (Å²) in [7, 11) is 0. The minimum absolute atomic E-state index is 0.0199. The van der Waals surface area contributed by atoms with Crippen molar-refractivity contribution in [1.29, 1.82) is 0 Å². The van der Waals surface area contributed by atoms with E-state index in [9.17, 15) is 24.5 Å². The number of hydrogen-bond donors (Lipinski definition) is 2. The molecule has 1 fully saturated rings. The molecule has 0 unspecified atom stereocenters. The molecule has 0 heterocycles. The van der Waals surface area contributed by atoms with Gasteiger partial charge >= 0.3 is 5.97 Å². The zero-order valence-corrected chi connectivity index (χ0v) is 16.5. The molecule has 1 aliphatic rings. The Labute approximate surface area is 172 Å². The Kier molecular flexibility index (Phi) is 6.10. The lowest BCUT2D eigenvalue weighted by atomic mass is 10.1. The topological polar surface area (TPSA) is 128 Å². The third-order valence-corrected chi connectivity index (χ3v) is 4.58. The average molecular weight is 411 g/mol. The van der Waals surface area contributed by atoms with Crippen LogP contribution in [0.3, 0.4) is 0 Å². The normalized spacial score (nSPS) is 13.8. The first-order chi connectivity index (χ1) is 14.2. The van der Waals surface area contributed by atoms with E-state index in [0.29, 0.717) is 16.9 Å². The number of esters is 1. The standard InChI is InChI=1S/C21H21N3O6/c1-12(25)14-3-6-17(7-4-14)23-20(26)13(2)30-21(27)15-5-10-18(22-16-8-9-16)19(11-15)24(28)29/h3-7,10-11,13,16,22H,8-9H2,1-2H3,(H,23,26)/t13-/m0/s1. The van der Waals surface area contributed by atoms with Crippen LogP contribution in [0.1, 0.15) is 47.4 Å². The molecular weight excluding hydrogens is 390 g/mol. The molecule has 1 aliphatic carbocycles. The number of Topliss-reactive ketones (excluding diaryl/α,β-unsaturated/α-hetero) is 1. The summed E-state index contributed by atoms with van der Waals surface area (Å²) in [6.45, 7) is 2.84. The van der Waals surface area contributed by atoms with Crippen molar-refractivity contribution in [3.05, 3.63) is 63.7 Å². The third-order valence-electron chi connectivity index (χ3n) is 4.58. The van der Waals surface area contributed by atoms with E-state index in [1.807, 2.05) is 0 Å². The number of anilines is 2. The van der Waals surface area contributed by atoms with Gasteiger partial charge in [0.05, 0.1) is 10.5 Å². The second-order valence-electron chi connectivity index (χ2n) is 7.08. The molecule has 1 amide bonds. The van der Waals surface area contributed by atoms with Gasteiger partial charge in [0, 0.05) is 23.4 Å². The molecule has 0 aliphatic heterocycles. The summed E-state index contributed by atoms with van der Waals surface area (Å²) >= 11 is 0. The van der Waals surface area contributed by atoms with Crippen LogP contribution in [-0.2, 0) is 9.53 Å². The maximum absolute atomic E-state index is 12.4. The van der Waals surface area contributed by atoms with Crippen LogP contribution in [0.4, 0.5) is 17.1 Å². The maximum atomic E-state index is 12.4. The van der Waals surface area contributed by atoms with Crippen molar-refractivity contribution in [2.75, 3.05) is 10.6 Å². The van der Waals surface area contributed by atoms with Gasteiger partial charge in [-0.3, -0.25) is 19.7 Å². The first-order valence-electron chi connectivity index (χ1n) is 9.42. The van der Waals surface area contributed by atoms with E-state index in [-0.39, 0.29) is 23.1 Å². The fraction of sp³-hybridized carbons (Fsp3) is 0.286. The Morgan fingerprint density at radius 3 is 2.30 bits per heavy atom. The second-order valence-corrected chi connectivity index (χ2v) is 7.08. The minimum Gasteiger partial charge on any atom is -0.449 e. The number of hydrogen-bond acceptors (Lipinski definition) is 7. The zero-order chi connectivity index (χ0) is 21.8. The molecule has 2 N–H and O–H groups in total. The van der Waals surface area contributed by atoms with Crippen LogP contribution < -0.4 is 10.6 Å². The van der Waals surface area contributed by atoms with Gasteiger partial charge < -0.3 is 15.4 Å². The third kappa shape index (κ3) is 5.19. The summed E-state index contributed by atoms with van der Waals surface area (Å²) < 4.78 is 5.15. The van der Waals surface area contributed by atoms with Crippen molar-refractivity contribution in [3.63, 3.8) is 0 Å². The molecule has 0 saturated heterocycles. The van der Waals surface area contributed by atoms with Gasteiger partial charge in [-0.2, -0.15) is 0 Å². The summed E-state index contributed by atoms with van der Waals surface area (Å²) in [5, 5.41) is 17.0. The van der Waals surface area contributed by atoms with Crippen LogP contribution in [0.2, 0.25) is 0 Å². The first kappa shape index (κ1) is 21.0. The number of benzene rings is 2. The number of amides is 1. The van der Waals surface area contributed by atoms with Crippen molar-refractivity contribution in [1.82, 2.24) is 0 Å². The van der Waals surface area contributed by atoms with Gasteiger partial charge in [-0.25, -0.2) is 4.79 Å². The summed E-state index contributed by atoms with van der Waals surface area (Å²) in [5.74, 6) is -1.51. The van der Waals surface area contributed by atoms with Gasteiger partial charge in [0.25, 0.3) is 11.6 Å². The zero-order valence-electron chi connectivity index (χ0n) is 16.5. The monoisotopic (exact) mass is 411 g/mol. The van der Waals surface area contributed by atoms with Gasteiger partial charge in [0.1, 0.15) is 5.69 Å². The van der Waals surface area contributed by atoms with Gasteiger partial charge in [0.2, 0.25) is 0 Å². The van der Waals surface area contributed by atoms with E-state index in [1.54, 1.807) is 24.3 Å². The Hall–Kier alpha value is -3.75. The molecule has 0 spiro atoms. The van der Waals surface area contributed by atoms with E-state index in [0.717, 1.165) is 18.9 Å². The predicted molar refractivity (Wildman–Crippen MR) is 110 cm³/mol. The number of rotatable bonds is 8. The van der Waals surface area contributed by atoms with Crippen LogP contribution in [0.25, 0.3) is 0 Å². The van der Waals surface area contributed by atoms with Crippen molar-refractivity contribution >= 4 is 34.7 Å². The van der Waals surface area contributed by atoms with Crippen LogP contribution in [0.5, 0.6) is 0 Å². The van der Waals surface area contributed by atoms with Gasteiger partial charge in [-0.1, -0.05) is 0 Å². The van der Waals surface area contributed by atoms with E-state index in [1.165, 1.54) is 26.0 Å². The number of ketones is 1. The lowest BCUT2D eigenvalue weighted by Crippen LogP contribution is -2.30. The molecule has 1 atom stereocenters. The molecular formula is C21H21N3O6. The quantitative estimate of drug-likeness (QED) is 0.294. The van der Waals surface area contributed by atoms with Crippen molar-refractivity contribution in [2.45, 2.75) is 38.8 Å². The van der Waals surface area contributed by atoms with Crippen LogP contribution >= 0.6 is 0 Å². The van der Waals surface area contributed by atoms with Gasteiger partial charge in [-0.05, 0) is 63.1 Å². The molecule has 3 rings (SSSR count). The summed E-state index contributed by atoms with van der Waals surface area (Å²) in [6, 6.07) is 10.5. The number of nitrogens with zero attached hydrogens (tertiary/aromatic N) is 1. The molecule has 0 aromatic heterocycles. The summed E-state index contributed by atoms with van der Waals surface area (Å²) in [5.41, 5.74) is 1.05. The molecule has 156 valence electrons. The SMILES string of the molecule is CC(=O)c1ccc(NC(=O)[C@H](C)OC(=O)c2ccc(NC3CC3)c([N+](=O)[O-])c2)cc1. The highest BCUT2D eigenvalue weighted by Gasteiger charge is 2.26. The first-order valence-corrected chi connectivity index (χ1v) is 9.42. The molecule has 0 bridgehead atoms. The van der Waals surface area contributed by atoms with Crippen LogP contribution in [0.15, 0.2) is 42.5 Å². The highest BCUT2D eigenvalue weighted by atomic mass is 16.6. The number of ether oxygens (including phenoxy) is 1. The highest BCUT2D eigenvalue weighted by Crippen LogP contribution is 2.31. The van der Waals surface area contributed by atoms with Crippen LogP contribution in [0, 0.1) is 10.1 Å². The molecule has 9 heteroatoms. The van der Waals surface area contributed by atoms with E-state index < -0.39 is 22.9 Å². The molecule has 1 saturated carbocycles. The van der Waals surface area contributed by atoms with Crippen molar-refractivity contribution < 1.29 is 24.0 Å². The molecule has 9 nitrogen and oxygen atoms in total. The Morgan fingerprint density at radius 1 is 1.10 bits per heavy atom. The van der Waals surface area contributed by atoms with Crippen molar-refractivity contribution in [2.24, 2.45) is 0 Å². The molecule has 0 radical (unpaired) electrons. The second kappa shape index (κ2) is 8.73. The van der Waals surface area contributed by atoms with Crippen molar-refractivity contribution in [3.8, 4) is 0 Å².